The summed E-state index contributed by atoms with van der Waals surface area (Å²) in [6.45, 7) is 0. The summed E-state index contributed by atoms with van der Waals surface area (Å²) in [5, 5.41) is 0. The zero-order valence-corrected chi connectivity index (χ0v) is 8.96. The molecule has 1 saturated carbocycles. The van der Waals surface area contributed by atoms with Crippen molar-refractivity contribution in [3.63, 3.8) is 0 Å². The third kappa shape index (κ3) is 2.29. The summed E-state index contributed by atoms with van der Waals surface area (Å²) in [4.78, 5) is 10.6. The lowest BCUT2D eigenvalue weighted by atomic mass is 9.79. The Morgan fingerprint density at radius 2 is 1.75 bits per heavy atom. The summed E-state index contributed by atoms with van der Waals surface area (Å²) in [5.41, 5.74) is 0.850. The van der Waals surface area contributed by atoms with Crippen molar-refractivity contribution in [1.82, 2.24) is 0 Å². The summed E-state index contributed by atoms with van der Waals surface area (Å²) in [6, 6.07) is 4.10. The van der Waals surface area contributed by atoms with E-state index in [2.05, 4.69) is 0 Å². The van der Waals surface area contributed by atoms with E-state index in [-0.39, 0.29) is 11.8 Å². The Labute approximate surface area is 93.5 Å². The van der Waals surface area contributed by atoms with E-state index in [0.717, 1.165) is 37.5 Å². The van der Waals surface area contributed by atoms with Crippen molar-refractivity contribution in [3.05, 3.63) is 35.4 Å². The molecule has 0 bridgehead atoms. The summed E-state index contributed by atoms with van der Waals surface area (Å²) in [5.74, 6) is -1.16. The fourth-order valence-corrected chi connectivity index (χ4v) is 2.35. The molecule has 0 aliphatic heterocycles. The van der Waals surface area contributed by atoms with Crippen LogP contribution in [0.5, 0.6) is 0 Å². The van der Waals surface area contributed by atoms with Gasteiger partial charge in [-0.05, 0) is 49.3 Å². The van der Waals surface area contributed by atoms with Crippen molar-refractivity contribution >= 4 is 6.29 Å². The molecule has 3 heteroatoms. The van der Waals surface area contributed by atoms with Gasteiger partial charge in [-0.25, -0.2) is 8.78 Å². The lowest BCUT2D eigenvalue weighted by Gasteiger charge is -2.25. The van der Waals surface area contributed by atoms with Crippen molar-refractivity contribution < 1.29 is 13.6 Å². The number of benzene rings is 1. The summed E-state index contributed by atoms with van der Waals surface area (Å²) in [6.07, 6.45) is 4.48. The smallest absolute Gasteiger partial charge is 0.159 e. The van der Waals surface area contributed by atoms with E-state index in [1.54, 1.807) is 6.07 Å². The third-order valence-corrected chi connectivity index (χ3v) is 3.38. The normalized spacial score (nSPS) is 25.4. The Kier molecular flexibility index (Phi) is 3.32. The summed E-state index contributed by atoms with van der Waals surface area (Å²) < 4.78 is 25.8. The van der Waals surface area contributed by atoms with Gasteiger partial charge in [-0.3, -0.25) is 0 Å². The lowest BCUT2D eigenvalue weighted by Crippen LogP contribution is -2.14. The highest BCUT2D eigenvalue weighted by Gasteiger charge is 2.22. The van der Waals surface area contributed by atoms with Crippen LogP contribution in [0.1, 0.15) is 37.2 Å². The molecule has 16 heavy (non-hydrogen) atoms. The number of carbonyl (C=O) groups is 1. The molecule has 1 aromatic carbocycles. The highest BCUT2D eigenvalue weighted by atomic mass is 19.2. The first-order valence-corrected chi connectivity index (χ1v) is 5.61. The van der Waals surface area contributed by atoms with Crippen LogP contribution in [-0.2, 0) is 4.79 Å². The van der Waals surface area contributed by atoms with Gasteiger partial charge in [0.1, 0.15) is 6.29 Å². The minimum absolute atomic E-state index is 0.154. The first-order valence-electron chi connectivity index (χ1n) is 5.61. The molecule has 1 aliphatic rings. The van der Waals surface area contributed by atoms with Gasteiger partial charge < -0.3 is 4.79 Å². The average molecular weight is 224 g/mol. The Morgan fingerprint density at radius 1 is 1.06 bits per heavy atom. The lowest BCUT2D eigenvalue weighted by molar-refractivity contribution is -0.111. The number of hydrogen-bond donors (Lipinski definition) is 0. The quantitative estimate of drug-likeness (QED) is 0.703. The van der Waals surface area contributed by atoms with E-state index in [4.69, 9.17) is 0 Å². The van der Waals surface area contributed by atoms with Crippen molar-refractivity contribution in [1.29, 1.82) is 0 Å². The number of rotatable bonds is 2. The second-order valence-corrected chi connectivity index (χ2v) is 4.42. The molecule has 0 heterocycles. The van der Waals surface area contributed by atoms with Crippen LogP contribution >= 0.6 is 0 Å². The predicted molar refractivity (Wildman–Crippen MR) is 57.1 cm³/mol. The van der Waals surface area contributed by atoms with E-state index in [1.807, 2.05) is 0 Å². The minimum atomic E-state index is -0.801. The van der Waals surface area contributed by atoms with Gasteiger partial charge in [-0.1, -0.05) is 6.07 Å². The second-order valence-electron chi connectivity index (χ2n) is 4.42. The first kappa shape index (κ1) is 11.2. The average Bonchev–Trinajstić information content (AvgIpc) is 2.33. The monoisotopic (exact) mass is 224 g/mol. The minimum Gasteiger partial charge on any atom is -0.303 e. The Hall–Kier alpha value is -1.25. The SMILES string of the molecule is O=C[C@H]1CC[C@H](c2ccc(F)c(F)c2)CC1. The maximum Gasteiger partial charge on any atom is 0.159 e. The largest absolute Gasteiger partial charge is 0.303 e. The van der Waals surface area contributed by atoms with Gasteiger partial charge in [-0.15, -0.1) is 0 Å². The Balaban J connectivity index is 2.08. The highest BCUT2D eigenvalue weighted by Crippen LogP contribution is 2.35. The first-order chi connectivity index (χ1) is 7.70. The van der Waals surface area contributed by atoms with Gasteiger partial charge in [0, 0.05) is 5.92 Å². The topological polar surface area (TPSA) is 17.1 Å². The van der Waals surface area contributed by atoms with Crippen LogP contribution in [0.2, 0.25) is 0 Å². The Morgan fingerprint density at radius 3 is 2.31 bits per heavy atom. The molecule has 1 aromatic rings. The van der Waals surface area contributed by atoms with Crippen LogP contribution in [-0.4, -0.2) is 6.29 Å². The van der Waals surface area contributed by atoms with Crippen LogP contribution in [0.15, 0.2) is 18.2 Å². The van der Waals surface area contributed by atoms with E-state index < -0.39 is 11.6 Å². The maximum absolute atomic E-state index is 13.0. The molecule has 0 atom stereocenters. The number of carbonyl (C=O) groups excluding carboxylic acids is 1. The molecule has 0 spiro atoms. The molecular formula is C13H14F2O. The van der Waals surface area contributed by atoms with Gasteiger partial charge in [0.2, 0.25) is 0 Å². The van der Waals surface area contributed by atoms with Crippen LogP contribution in [0.4, 0.5) is 8.78 Å². The van der Waals surface area contributed by atoms with Crippen LogP contribution in [0.25, 0.3) is 0 Å². The fourth-order valence-electron chi connectivity index (χ4n) is 2.35. The predicted octanol–water partition coefficient (Wildman–Crippen LogP) is 3.44. The fraction of sp³-hybridized carbons (Fsp3) is 0.462. The zero-order chi connectivity index (χ0) is 11.5. The number of hydrogen-bond acceptors (Lipinski definition) is 1. The van der Waals surface area contributed by atoms with Crippen molar-refractivity contribution in [2.24, 2.45) is 5.92 Å². The molecule has 0 N–H and O–H groups in total. The van der Waals surface area contributed by atoms with Crippen LogP contribution < -0.4 is 0 Å². The van der Waals surface area contributed by atoms with E-state index in [1.165, 1.54) is 12.1 Å². The van der Waals surface area contributed by atoms with E-state index in [9.17, 15) is 13.6 Å². The molecule has 0 aromatic heterocycles. The molecule has 1 aliphatic carbocycles. The number of aldehydes is 1. The van der Waals surface area contributed by atoms with Crippen molar-refractivity contribution in [2.45, 2.75) is 31.6 Å². The second kappa shape index (κ2) is 4.73. The van der Waals surface area contributed by atoms with Gasteiger partial charge in [-0.2, -0.15) is 0 Å². The van der Waals surface area contributed by atoms with Crippen molar-refractivity contribution in [2.75, 3.05) is 0 Å². The van der Waals surface area contributed by atoms with Crippen molar-refractivity contribution in [3.8, 4) is 0 Å². The zero-order valence-electron chi connectivity index (χ0n) is 8.96. The van der Waals surface area contributed by atoms with Gasteiger partial charge in [0.25, 0.3) is 0 Å². The highest BCUT2D eigenvalue weighted by molar-refractivity contribution is 5.53. The third-order valence-electron chi connectivity index (χ3n) is 3.38. The molecule has 1 nitrogen and oxygen atoms in total. The molecule has 0 saturated heterocycles. The van der Waals surface area contributed by atoms with Gasteiger partial charge in [0.05, 0.1) is 0 Å². The maximum atomic E-state index is 13.0. The van der Waals surface area contributed by atoms with E-state index >= 15 is 0 Å². The standard InChI is InChI=1S/C13H14F2O/c14-12-6-5-11(7-13(12)15)10-3-1-9(8-16)2-4-10/h5-10H,1-4H2/t9-,10-. The summed E-state index contributed by atoms with van der Waals surface area (Å²) in [7, 11) is 0. The molecular weight excluding hydrogens is 210 g/mol. The molecule has 2 rings (SSSR count). The molecule has 0 radical (unpaired) electrons. The van der Waals surface area contributed by atoms with Crippen LogP contribution in [0, 0.1) is 17.6 Å². The summed E-state index contributed by atoms with van der Waals surface area (Å²) >= 11 is 0. The number of halogens is 2. The molecule has 86 valence electrons. The van der Waals surface area contributed by atoms with Gasteiger partial charge in [0.15, 0.2) is 11.6 Å². The molecule has 0 unspecified atom stereocenters. The van der Waals surface area contributed by atoms with Gasteiger partial charge >= 0.3 is 0 Å². The molecule has 1 fully saturated rings. The Bertz CT molecular complexity index is 382. The molecule has 0 amide bonds. The van der Waals surface area contributed by atoms with Crippen LogP contribution in [0.3, 0.4) is 0 Å². The van der Waals surface area contributed by atoms with E-state index in [0.29, 0.717) is 0 Å².